The number of hydrogen-bond acceptors (Lipinski definition) is 3. The molecule has 1 N–H and O–H groups in total. The number of rotatable bonds is 3. The molecule has 1 heterocycles. The molecule has 1 aliphatic heterocycles. The fourth-order valence-electron chi connectivity index (χ4n) is 3.83. The van der Waals surface area contributed by atoms with Crippen LogP contribution in [0, 0.1) is 5.92 Å². The minimum Gasteiger partial charge on any atom is -0.390 e. The van der Waals surface area contributed by atoms with Crippen molar-refractivity contribution in [3.63, 3.8) is 0 Å². The smallest absolute Gasteiger partial charge is 0.236 e. The summed E-state index contributed by atoms with van der Waals surface area (Å²) < 4.78 is 0. The molecule has 0 aromatic rings. The Bertz CT molecular complexity index is 328. The molecule has 4 nitrogen and oxygen atoms in total. The van der Waals surface area contributed by atoms with Gasteiger partial charge in [-0.25, -0.2) is 0 Å². The van der Waals surface area contributed by atoms with Gasteiger partial charge in [-0.05, 0) is 46.7 Å². The summed E-state index contributed by atoms with van der Waals surface area (Å²) in [6.45, 7) is 3.30. The van der Waals surface area contributed by atoms with Crippen LogP contribution < -0.4 is 0 Å². The van der Waals surface area contributed by atoms with Crippen LogP contribution in [0.3, 0.4) is 0 Å². The van der Waals surface area contributed by atoms with Crippen molar-refractivity contribution in [2.75, 3.05) is 27.2 Å². The van der Waals surface area contributed by atoms with Crippen molar-refractivity contribution < 1.29 is 9.90 Å². The van der Waals surface area contributed by atoms with Gasteiger partial charge in [0.2, 0.25) is 5.91 Å². The Morgan fingerprint density at radius 2 is 2.05 bits per heavy atom. The number of likely N-dealkylation sites (N-methyl/N-ethyl adjacent to an activating group) is 1. The van der Waals surface area contributed by atoms with Crippen molar-refractivity contribution in [1.82, 2.24) is 9.80 Å². The second-order valence-electron chi connectivity index (χ2n) is 6.74. The number of likely N-dealkylation sites (tertiary alicyclic amines) is 1. The minimum absolute atomic E-state index is 0.217. The number of carbonyl (C=O) groups is 1. The van der Waals surface area contributed by atoms with Crippen LogP contribution in [0.1, 0.15) is 45.4 Å². The normalized spacial score (nSPS) is 35.9. The highest BCUT2D eigenvalue weighted by molar-refractivity contribution is 5.78. The minimum atomic E-state index is -0.593. The molecule has 1 aliphatic carbocycles. The van der Waals surface area contributed by atoms with Gasteiger partial charge in [0.05, 0.1) is 12.1 Å². The third-order valence-electron chi connectivity index (χ3n) is 4.78. The fraction of sp³-hybridized carbons (Fsp3) is 0.933. The molecule has 110 valence electrons. The van der Waals surface area contributed by atoms with Gasteiger partial charge < -0.3 is 14.9 Å². The molecule has 2 rings (SSSR count). The van der Waals surface area contributed by atoms with Crippen LogP contribution in [0.15, 0.2) is 0 Å². The van der Waals surface area contributed by atoms with Gasteiger partial charge in [-0.15, -0.1) is 0 Å². The number of amides is 1. The highest BCUT2D eigenvalue weighted by Crippen LogP contribution is 2.40. The lowest BCUT2D eigenvalue weighted by Crippen LogP contribution is -2.51. The maximum absolute atomic E-state index is 12.3. The molecular weight excluding hydrogens is 240 g/mol. The first-order valence-electron chi connectivity index (χ1n) is 7.58. The summed E-state index contributed by atoms with van der Waals surface area (Å²) in [7, 11) is 3.86. The Hall–Kier alpha value is -0.610. The van der Waals surface area contributed by atoms with E-state index in [1.165, 1.54) is 6.42 Å². The summed E-state index contributed by atoms with van der Waals surface area (Å²) in [6, 6.07) is 0.253. The summed E-state index contributed by atoms with van der Waals surface area (Å²) in [5.41, 5.74) is -0.593. The summed E-state index contributed by atoms with van der Waals surface area (Å²) >= 11 is 0. The van der Waals surface area contributed by atoms with Crippen molar-refractivity contribution >= 4 is 5.91 Å². The van der Waals surface area contributed by atoms with Gasteiger partial charge in [-0.3, -0.25) is 4.79 Å². The molecule has 4 heteroatoms. The molecule has 2 fully saturated rings. The van der Waals surface area contributed by atoms with Gasteiger partial charge in [-0.1, -0.05) is 12.8 Å². The Balaban J connectivity index is 2.07. The van der Waals surface area contributed by atoms with Crippen LogP contribution in [-0.4, -0.2) is 59.6 Å². The van der Waals surface area contributed by atoms with E-state index >= 15 is 0 Å². The van der Waals surface area contributed by atoms with E-state index in [-0.39, 0.29) is 17.9 Å². The van der Waals surface area contributed by atoms with Crippen molar-refractivity contribution in [3.05, 3.63) is 0 Å². The molecule has 1 saturated heterocycles. The van der Waals surface area contributed by atoms with Gasteiger partial charge in [0.1, 0.15) is 0 Å². The van der Waals surface area contributed by atoms with Gasteiger partial charge in [-0.2, -0.15) is 0 Å². The molecule has 1 saturated carbocycles. The molecule has 1 amide bonds. The monoisotopic (exact) mass is 268 g/mol. The van der Waals surface area contributed by atoms with Crippen LogP contribution in [-0.2, 0) is 4.79 Å². The molecule has 2 aliphatic rings. The highest BCUT2D eigenvalue weighted by Gasteiger charge is 2.44. The SMILES string of the molecule is CN(C)CC(=O)N1CCC[C@@H]1[C@H]1CCCC[C@]1(C)O. The lowest BCUT2D eigenvalue weighted by molar-refractivity contribution is -0.137. The second-order valence-corrected chi connectivity index (χ2v) is 6.74. The maximum atomic E-state index is 12.3. The van der Waals surface area contributed by atoms with E-state index < -0.39 is 5.60 Å². The highest BCUT2D eigenvalue weighted by atomic mass is 16.3. The van der Waals surface area contributed by atoms with Crippen LogP contribution in [0.4, 0.5) is 0 Å². The van der Waals surface area contributed by atoms with Crippen LogP contribution >= 0.6 is 0 Å². The topological polar surface area (TPSA) is 43.8 Å². The van der Waals surface area contributed by atoms with E-state index in [2.05, 4.69) is 0 Å². The first-order valence-corrected chi connectivity index (χ1v) is 7.58. The first kappa shape index (κ1) is 14.8. The third kappa shape index (κ3) is 3.29. The molecule has 0 spiro atoms. The third-order valence-corrected chi connectivity index (χ3v) is 4.78. The zero-order valence-electron chi connectivity index (χ0n) is 12.6. The average molecular weight is 268 g/mol. The van der Waals surface area contributed by atoms with Gasteiger partial charge in [0.15, 0.2) is 0 Å². The van der Waals surface area contributed by atoms with Gasteiger partial charge in [0.25, 0.3) is 0 Å². The molecule has 0 aromatic heterocycles. The zero-order valence-corrected chi connectivity index (χ0v) is 12.6. The predicted octanol–water partition coefficient (Wildman–Crippen LogP) is 1.48. The summed E-state index contributed by atoms with van der Waals surface area (Å²) in [4.78, 5) is 16.3. The first-order chi connectivity index (χ1) is 8.92. The number of aliphatic hydroxyl groups is 1. The Morgan fingerprint density at radius 1 is 1.32 bits per heavy atom. The van der Waals surface area contributed by atoms with Crippen LogP contribution in [0.2, 0.25) is 0 Å². The van der Waals surface area contributed by atoms with E-state index in [0.29, 0.717) is 6.54 Å². The quantitative estimate of drug-likeness (QED) is 0.843. The number of carbonyl (C=O) groups excluding carboxylic acids is 1. The van der Waals surface area contributed by atoms with Crippen LogP contribution in [0.25, 0.3) is 0 Å². The summed E-state index contributed by atoms with van der Waals surface area (Å²) in [5, 5.41) is 10.6. The van der Waals surface area contributed by atoms with Crippen molar-refractivity contribution in [1.29, 1.82) is 0 Å². The van der Waals surface area contributed by atoms with Crippen molar-refractivity contribution in [2.45, 2.75) is 57.1 Å². The number of nitrogens with zero attached hydrogens (tertiary/aromatic N) is 2. The van der Waals surface area contributed by atoms with E-state index in [9.17, 15) is 9.90 Å². The zero-order chi connectivity index (χ0) is 14.0. The molecule has 0 bridgehead atoms. The van der Waals surface area contributed by atoms with Gasteiger partial charge >= 0.3 is 0 Å². The Labute approximate surface area is 116 Å². The van der Waals surface area contributed by atoms with Gasteiger partial charge in [0, 0.05) is 18.5 Å². The number of hydrogen-bond donors (Lipinski definition) is 1. The predicted molar refractivity (Wildman–Crippen MR) is 75.9 cm³/mol. The molecular formula is C15H28N2O2. The Morgan fingerprint density at radius 3 is 2.68 bits per heavy atom. The van der Waals surface area contributed by atoms with E-state index in [1.807, 2.05) is 30.8 Å². The van der Waals surface area contributed by atoms with E-state index in [4.69, 9.17) is 0 Å². The second kappa shape index (κ2) is 5.80. The largest absolute Gasteiger partial charge is 0.390 e. The standard InChI is InChI=1S/C15H28N2O2/c1-15(19)9-5-4-7-12(15)13-8-6-10-17(13)14(18)11-16(2)3/h12-13,19H,4-11H2,1-3H3/t12-,13-,15+/m1/s1. The van der Waals surface area contributed by atoms with Crippen LogP contribution in [0.5, 0.6) is 0 Å². The lowest BCUT2D eigenvalue weighted by atomic mass is 9.72. The van der Waals surface area contributed by atoms with Crippen molar-refractivity contribution in [3.8, 4) is 0 Å². The lowest BCUT2D eigenvalue weighted by Gasteiger charge is -2.43. The molecule has 3 atom stereocenters. The molecule has 0 aromatic carbocycles. The summed E-state index contributed by atoms with van der Waals surface area (Å²) in [6.07, 6.45) is 6.37. The molecule has 19 heavy (non-hydrogen) atoms. The fourth-order valence-corrected chi connectivity index (χ4v) is 3.83. The van der Waals surface area contributed by atoms with E-state index in [0.717, 1.165) is 38.6 Å². The molecule has 0 unspecified atom stereocenters. The summed E-state index contributed by atoms with van der Waals surface area (Å²) in [5.74, 6) is 0.476. The van der Waals surface area contributed by atoms with Crippen molar-refractivity contribution in [2.24, 2.45) is 5.92 Å². The maximum Gasteiger partial charge on any atom is 0.236 e. The average Bonchev–Trinajstić information content (AvgIpc) is 2.76. The van der Waals surface area contributed by atoms with E-state index in [1.54, 1.807) is 0 Å². The Kier molecular flexibility index (Phi) is 4.51. The molecule has 0 radical (unpaired) electrons.